The smallest absolute Gasteiger partial charge is 0.301 e. The largest absolute Gasteiger partial charge is 0.507 e. The Morgan fingerprint density at radius 2 is 1.48 bits per heavy atom. The molecule has 5 heteroatoms. The molecule has 4 rings (SSSR count). The first-order valence-corrected chi connectivity index (χ1v) is 8.51. The molecule has 132 valence electrons. The third-order valence-electron chi connectivity index (χ3n) is 4.50. The van der Waals surface area contributed by atoms with Crippen LogP contribution in [0.5, 0.6) is 0 Å². The van der Waals surface area contributed by atoms with Gasteiger partial charge in [-0.25, -0.2) is 4.98 Å². The van der Waals surface area contributed by atoms with Gasteiger partial charge in [-0.2, -0.15) is 0 Å². The van der Waals surface area contributed by atoms with E-state index in [1.807, 2.05) is 36.4 Å². The van der Waals surface area contributed by atoms with Crippen LogP contribution in [-0.2, 0) is 9.59 Å². The van der Waals surface area contributed by atoms with Crippen LogP contribution in [0, 0.1) is 0 Å². The van der Waals surface area contributed by atoms with Gasteiger partial charge in [0.2, 0.25) is 0 Å². The zero-order chi connectivity index (χ0) is 18.8. The summed E-state index contributed by atoms with van der Waals surface area (Å²) in [6.45, 7) is 0. The number of carbonyl (C=O) groups is 2. The summed E-state index contributed by atoms with van der Waals surface area (Å²) in [6, 6.07) is 22.3. The van der Waals surface area contributed by atoms with Crippen LogP contribution < -0.4 is 4.90 Å². The molecule has 2 heterocycles. The Kier molecular flexibility index (Phi) is 4.26. The molecule has 3 aromatic rings. The second-order valence-corrected chi connectivity index (χ2v) is 6.13. The van der Waals surface area contributed by atoms with E-state index in [1.54, 1.807) is 48.7 Å². The normalized spacial score (nSPS) is 18.7. The molecule has 0 saturated carbocycles. The topological polar surface area (TPSA) is 70.5 Å². The van der Waals surface area contributed by atoms with Crippen LogP contribution in [0.4, 0.5) is 5.82 Å². The Morgan fingerprint density at radius 1 is 0.852 bits per heavy atom. The van der Waals surface area contributed by atoms with Gasteiger partial charge in [0.15, 0.2) is 0 Å². The lowest BCUT2D eigenvalue weighted by Gasteiger charge is -2.24. The monoisotopic (exact) mass is 356 g/mol. The van der Waals surface area contributed by atoms with Crippen LogP contribution in [0.25, 0.3) is 5.76 Å². The summed E-state index contributed by atoms with van der Waals surface area (Å²) >= 11 is 0. The van der Waals surface area contributed by atoms with E-state index in [0.717, 1.165) is 5.56 Å². The quantitative estimate of drug-likeness (QED) is 0.441. The predicted molar refractivity (Wildman–Crippen MR) is 102 cm³/mol. The number of hydrogen-bond donors (Lipinski definition) is 1. The number of aromatic nitrogens is 1. The number of ketones is 1. The molecule has 5 nitrogen and oxygen atoms in total. The molecule has 0 unspecified atom stereocenters. The molecule has 0 spiro atoms. The Morgan fingerprint density at radius 3 is 2.11 bits per heavy atom. The molecule has 27 heavy (non-hydrogen) atoms. The number of carbonyl (C=O) groups excluding carboxylic acids is 2. The van der Waals surface area contributed by atoms with Gasteiger partial charge in [-0.3, -0.25) is 14.5 Å². The van der Waals surface area contributed by atoms with Crippen molar-refractivity contribution >= 4 is 23.3 Å². The molecule has 1 N–H and O–H groups in total. The van der Waals surface area contributed by atoms with Crippen LogP contribution in [0.15, 0.2) is 90.6 Å². The van der Waals surface area contributed by atoms with Crippen molar-refractivity contribution in [2.75, 3.05) is 4.90 Å². The minimum atomic E-state index is -0.749. The average Bonchev–Trinajstić information content (AvgIpc) is 3.00. The Hall–Kier alpha value is -3.73. The van der Waals surface area contributed by atoms with E-state index >= 15 is 0 Å². The molecule has 1 fully saturated rings. The van der Waals surface area contributed by atoms with E-state index in [9.17, 15) is 14.7 Å². The Labute approximate surface area is 156 Å². The molecule has 1 aliphatic heterocycles. The van der Waals surface area contributed by atoms with Gasteiger partial charge < -0.3 is 5.11 Å². The zero-order valence-corrected chi connectivity index (χ0v) is 14.3. The zero-order valence-electron chi connectivity index (χ0n) is 14.3. The maximum Gasteiger partial charge on any atom is 0.301 e. The number of amides is 1. The molecule has 1 atom stereocenters. The summed E-state index contributed by atoms with van der Waals surface area (Å²) < 4.78 is 0. The number of nitrogens with zero attached hydrogens (tertiary/aromatic N) is 2. The number of anilines is 1. The Balaban J connectivity index is 1.95. The number of rotatable bonds is 3. The van der Waals surface area contributed by atoms with Gasteiger partial charge in [0.25, 0.3) is 5.78 Å². The second kappa shape index (κ2) is 6.88. The van der Waals surface area contributed by atoms with E-state index in [1.165, 1.54) is 4.90 Å². The number of aliphatic hydroxyl groups excluding tert-OH is 1. The molecular weight excluding hydrogens is 340 g/mol. The van der Waals surface area contributed by atoms with Gasteiger partial charge in [0.05, 0.1) is 11.6 Å². The molecule has 1 saturated heterocycles. The third-order valence-corrected chi connectivity index (χ3v) is 4.50. The summed E-state index contributed by atoms with van der Waals surface area (Å²) in [5, 5.41) is 10.9. The number of benzene rings is 2. The molecular formula is C22H16N2O3. The standard InChI is InChI=1S/C22H16N2O3/c25-20(16-11-5-2-6-12-16)18-19(15-9-3-1-4-10-15)24(22(27)21(18)26)17-13-7-8-14-23-17/h1-14,19,25H/t19-/m1/s1. The second-order valence-electron chi connectivity index (χ2n) is 6.13. The summed E-state index contributed by atoms with van der Waals surface area (Å²) in [7, 11) is 0. The first-order chi connectivity index (χ1) is 13.2. The van der Waals surface area contributed by atoms with Gasteiger partial charge in [0.1, 0.15) is 11.6 Å². The SMILES string of the molecule is O=C1C(=O)N(c2ccccn2)[C@H](c2ccccc2)C1=C(O)c1ccccc1. The van der Waals surface area contributed by atoms with Crippen LogP contribution in [0.2, 0.25) is 0 Å². The van der Waals surface area contributed by atoms with Crippen molar-refractivity contribution in [3.05, 3.63) is 102 Å². The van der Waals surface area contributed by atoms with Gasteiger partial charge in [-0.15, -0.1) is 0 Å². The molecule has 1 amide bonds. The minimum Gasteiger partial charge on any atom is -0.507 e. The Bertz CT molecular complexity index is 1020. The first-order valence-electron chi connectivity index (χ1n) is 8.51. The average molecular weight is 356 g/mol. The van der Waals surface area contributed by atoms with Crippen molar-refractivity contribution in [2.24, 2.45) is 0 Å². The third kappa shape index (κ3) is 2.89. The fourth-order valence-electron chi connectivity index (χ4n) is 3.27. The van der Waals surface area contributed by atoms with E-state index in [0.29, 0.717) is 11.4 Å². The highest BCUT2D eigenvalue weighted by Crippen LogP contribution is 2.41. The highest BCUT2D eigenvalue weighted by molar-refractivity contribution is 6.51. The molecule has 1 aromatic heterocycles. The summed E-state index contributed by atoms with van der Waals surface area (Å²) in [6.07, 6.45) is 1.56. The van der Waals surface area contributed by atoms with E-state index in [-0.39, 0.29) is 11.3 Å². The van der Waals surface area contributed by atoms with Crippen LogP contribution in [0.1, 0.15) is 17.2 Å². The highest BCUT2D eigenvalue weighted by atomic mass is 16.3. The summed E-state index contributed by atoms with van der Waals surface area (Å²) in [5.41, 5.74) is 1.26. The van der Waals surface area contributed by atoms with Gasteiger partial charge in [0, 0.05) is 11.8 Å². The molecule has 0 bridgehead atoms. The summed E-state index contributed by atoms with van der Waals surface area (Å²) in [5.74, 6) is -1.27. The summed E-state index contributed by atoms with van der Waals surface area (Å²) in [4.78, 5) is 31.3. The van der Waals surface area contributed by atoms with E-state index in [4.69, 9.17) is 0 Å². The number of Topliss-reactive ketones (excluding diaryl/α,β-unsaturated/α-hetero) is 1. The van der Waals surface area contributed by atoms with Gasteiger partial charge in [-0.1, -0.05) is 66.7 Å². The lowest BCUT2D eigenvalue weighted by atomic mass is 9.95. The van der Waals surface area contributed by atoms with E-state index in [2.05, 4.69) is 4.98 Å². The van der Waals surface area contributed by atoms with Crippen LogP contribution in [0.3, 0.4) is 0 Å². The molecule has 0 aliphatic carbocycles. The molecule has 1 aliphatic rings. The predicted octanol–water partition coefficient (Wildman–Crippen LogP) is 3.71. The lowest BCUT2D eigenvalue weighted by Crippen LogP contribution is -2.30. The van der Waals surface area contributed by atoms with Crippen molar-refractivity contribution < 1.29 is 14.7 Å². The lowest BCUT2D eigenvalue weighted by molar-refractivity contribution is -0.132. The molecule has 0 radical (unpaired) electrons. The van der Waals surface area contributed by atoms with Gasteiger partial charge in [-0.05, 0) is 17.7 Å². The number of pyridine rings is 1. The highest BCUT2D eigenvalue weighted by Gasteiger charge is 2.47. The fraction of sp³-hybridized carbons (Fsp3) is 0.0455. The number of aliphatic hydroxyl groups is 1. The maximum atomic E-state index is 12.9. The van der Waals surface area contributed by atoms with E-state index < -0.39 is 17.7 Å². The van der Waals surface area contributed by atoms with Crippen molar-refractivity contribution in [3.63, 3.8) is 0 Å². The first kappa shape index (κ1) is 16.7. The van der Waals surface area contributed by atoms with Crippen molar-refractivity contribution in [3.8, 4) is 0 Å². The molecule has 2 aromatic carbocycles. The van der Waals surface area contributed by atoms with Crippen molar-refractivity contribution in [2.45, 2.75) is 6.04 Å². The maximum absolute atomic E-state index is 12.9. The van der Waals surface area contributed by atoms with Crippen LogP contribution >= 0.6 is 0 Å². The van der Waals surface area contributed by atoms with Crippen LogP contribution in [-0.4, -0.2) is 21.8 Å². The van der Waals surface area contributed by atoms with Crippen molar-refractivity contribution in [1.29, 1.82) is 0 Å². The van der Waals surface area contributed by atoms with Gasteiger partial charge >= 0.3 is 5.91 Å². The fourth-order valence-corrected chi connectivity index (χ4v) is 3.27. The number of hydrogen-bond acceptors (Lipinski definition) is 4. The van der Waals surface area contributed by atoms with Crippen molar-refractivity contribution in [1.82, 2.24) is 4.98 Å². The minimum absolute atomic E-state index is 0.0584.